The molecule has 2 aliphatic heterocycles. The van der Waals surface area contributed by atoms with Crippen molar-refractivity contribution in [3.05, 3.63) is 71.9 Å². The van der Waals surface area contributed by atoms with Crippen molar-refractivity contribution in [2.45, 2.75) is 293 Å². The molecule has 55 heteroatoms. The number of unbranched alkanes of at least 4 members (excludes halogenated alkanes) is 1. The van der Waals surface area contributed by atoms with Gasteiger partial charge in [-0.3, -0.25) is 115 Å². The number of H-pyrrole nitrogens is 1. The second kappa shape index (κ2) is 62.6. The molecule has 0 unspecified atom stereocenters. The summed E-state index contributed by atoms with van der Waals surface area (Å²) < 4.78 is 0. The molecule has 33 N–H and O–H groups in total. The maximum absolute atomic E-state index is 14.7. The molecule has 2 saturated heterocycles. The lowest BCUT2D eigenvalue weighted by Gasteiger charge is -2.31. The van der Waals surface area contributed by atoms with Gasteiger partial charge in [0.2, 0.25) is 130 Å². The number of carboxylic acid groups (broad SMARTS) is 2. The van der Waals surface area contributed by atoms with Crippen molar-refractivity contribution in [1.82, 2.24) is 105 Å². The van der Waals surface area contributed by atoms with Crippen LogP contribution in [0.15, 0.2) is 60.8 Å². The first-order valence-corrected chi connectivity index (χ1v) is 49.9. The molecular formula is C95H145N25O29S. The zero-order valence-electron chi connectivity index (χ0n) is 85.1. The molecule has 0 aliphatic carbocycles. The molecular weight excluding hydrogens is 1990 g/mol. The number of likely N-dealkylation sites (tertiary alicyclic amines) is 2. The quantitative estimate of drug-likeness (QED) is 0.0184. The molecule has 2 aliphatic rings. The molecule has 0 saturated carbocycles. The molecule has 19 atom stereocenters. The molecule has 3 aromatic rings. The number of rotatable bonds is 65. The predicted octanol–water partition coefficient (Wildman–Crippen LogP) is -9.67. The Labute approximate surface area is 869 Å². The van der Waals surface area contributed by atoms with E-state index in [1.165, 1.54) is 25.7 Å². The minimum Gasteiger partial charge on any atom is -0.481 e. The molecule has 2 aromatic carbocycles. The second-order valence-corrected chi connectivity index (χ2v) is 38.3. The normalized spacial score (nSPS) is 16.7. The Morgan fingerprint density at radius 2 is 0.840 bits per heavy atom. The summed E-state index contributed by atoms with van der Waals surface area (Å²) in [5.74, 6) is -27.5. The first kappa shape index (κ1) is 126. The van der Waals surface area contributed by atoms with Crippen LogP contribution in [-0.4, -0.2) is 349 Å². The van der Waals surface area contributed by atoms with Gasteiger partial charge in [0.15, 0.2) is 0 Å². The molecule has 830 valence electrons. The zero-order valence-corrected chi connectivity index (χ0v) is 86.0. The molecule has 150 heavy (non-hydrogen) atoms. The van der Waals surface area contributed by atoms with Crippen molar-refractivity contribution in [3.8, 4) is 0 Å². The van der Waals surface area contributed by atoms with Crippen LogP contribution < -0.4 is 119 Å². The molecule has 1 aromatic heterocycles. The molecule has 22 amide bonds. The number of para-hydroxylation sites is 1. The number of aromatic nitrogens is 1. The van der Waals surface area contributed by atoms with Crippen molar-refractivity contribution in [1.29, 1.82) is 0 Å². The SMILES string of the molecule is CC(C)C[C@H](NC(=O)[C@H](Cc1c[nH]c2ccccc12)NC(=O)[C@H](CCC(=O)O)NC(=O)[C@@H](NC(=O)[C@H](CCC(N)=O)NC(=O)[C@@H]1CCCN1C(=O)[C@H](CS)NC(=O)[C@H](CCCCN)NC(=O)[C@H](CO)NC(=O)[C@H](CCC(N)=O)NC(=O)[C@H](C)NC(=O)[C@H](Cc1ccccc1)NC(=O)[C@@H](NC(=O)CNC(=O)[C@H](CC(N)=O)NC(=O)[C@H](CC(C)C)NC(=O)[C@@H](NC(=O)[C@@H]1CCCN1C(=O)CN)[C@@H](C)O)[C@@H](C)O)C(C)C)C(=O)NCC(=O)O. The van der Waals surface area contributed by atoms with E-state index in [4.69, 9.17) is 28.7 Å². The number of primary amides is 3. The highest BCUT2D eigenvalue weighted by Gasteiger charge is 2.45. The fourth-order valence-corrected chi connectivity index (χ4v) is 16.6. The Morgan fingerprint density at radius 1 is 0.413 bits per heavy atom. The lowest BCUT2D eigenvalue weighted by Crippen LogP contribution is -2.62. The van der Waals surface area contributed by atoms with Gasteiger partial charge in [-0.15, -0.1) is 0 Å². The van der Waals surface area contributed by atoms with Crippen LogP contribution in [0, 0.1) is 17.8 Å². The summed E-state index contributed by atoms with van der Waals surface area (Å²) in [4.78, 5) is 333. The number of carbonyl (C=O) groups excluding carboxylic acids is 22. The number of nitrogens with two attached hydrogens (primary N) is 5. The van der Waals surface area contributed by atoms with Crippen LogP contribution in [0.1, 0.15) is 176 Å². The van der Waals surface area contributed by atoms with E-state index in [-0.39, 0.29) is 95.7 Å². The third kappa shape index (κ3) is 41.5. The number of carbonyl (C=O) groups is 24. The van der Waals surface area contributed by atoms with Gasteiger partial charge >= 0.3 is 11.9 Å². The van der Waals surface area contributed by atoms with Gasteiger partial charge in [-0.05, 0) is 139 Å². The summed E-state index contributed by atoms with van der Waals surface area (Å²) in [6.45, 7) is 9.91. The lowest BCUT2D eigenvalue weighted by atomic mass is 9.99. The van der Waals surface area contributed by atoms with Crippen molar-refractivity contribution >= 4 is 165 Å². The number of thiol groups is 1. The lowest BCUT2D eigenvalue weighted by molar-refractivity contribution is -0.142. The smallest absolute Gasteiger partial charge is 0.322 e. The highest BCUT2D eigenvalue weighted by atomic mass is 32.1. The Balaban J connectivity index is 1.27. The summed E-state index contributed by atoms with van der Waals surface area (Å²) in [5.41, 5.74) is 29.3. The third-order valence-electron chi connectivity index (χ3n) is 24.3. The molecule has 2 fully saturated rings. The van der Waals surface area contributed by atoms with Gasteiger partial charge in [0, 0.05) is 68.0 Å². The molecule has 54 nitrogen and oxygen atoms in total. The number of nitrogens with one attached hydrogen (secondary N) is 18. The van der Waals surface area contributed by atoms with Crippen molar-refractivity contribution < 1.29 is 141 Å². The number of nitrogens with zero attached hydrogens (tertiary/aromatic N) is 2. The highest BCUT2D eigenvalue weighted by Crippen LogP contribution is 2.25. The first-order valence-electron chi connectivity index (χ1n) is 49.3. The Hall–Kier alpha value is -14.6. The number of benzene rings is 2. The number of aliphatic hydroxyl groups is 3. The number of aromatic amines is 1. The van der Waals surface area contributed by atoms with Gasteiger partial charge in [0.05, 0.1) is 38.3 Å². The Morgan fingerprint density at radius 3 is 1.38 bits per heavy atom. The average Bonchev–Trinajstić information content (AvgIpc) is 1.67. The van der Waals surface area contributed by atoms with Crippen LogP contribution in [0.4, 0.5) is 0 Å². The number of hydrogen-bond acceptors (Lipinski definition) is 30. The fourth-order valence-electron chi connectivity index (χ4n) is 16.4. The standard InChI is InChI=1S/C95H145N25O29S/c1-46(2)35-60(80(134)103-43-75(131)132)109-88(142)63(38-53-41-101-55-22-14-13-21-54(53)55)110-83(137)59(28-31-74(129)130)108-92(146)76(48(5)6)117-85(139)58(27-30-70(99)125)107-90(144)68-25-18-34-120(68)95(149)66(45-150)115-82(136)56(23-15-16-32-96)106-89(143)65(44-121)114-84(138)57(26-29-69(98)124)105-79(133)49(7)104-86(140)62(37-52-19-11-10-12-20-52)113-93(147)77(50(8)122)116-72(127)42-102-81(135)64(39-71(100)126)111-87(141)61(36-47(3)4)112-94(148)78(51(9)123)118-91(145)67-24-17-33-119(67)73(128)40-97/h10-14,19-22,41,46-51,56-68,76-78,101,121-123,150H,15-18,23-40,42-45,96-97H2,1-9H3,(H2,98,124)(H2,99,125)(H2,100,126)(H,102,135)(H,103,134)(H,104,140)(H,105,133)(H,106,143)(H,107,144)(H,108,146)(H,109,142)(H,110,137)(H,111,141)(H,112,148)(H,113,147)(H,114,138)(H,115,136)(H,116,127)(H,117,139)(H,118,145)(H,129,130)(H,131,132)/t49-,50+,51+,56-,57-,58-,59-,60-,61-,62-,63-,64-,65-,66-,67-,68-,76-,77-,78-/m0/s1. The van der Waals surface area contributed by atoms with Crippen LogP contribution in [0.5, 0.6) is 0 Å². The fraction of sp³-hybridized carbons (Fsp3) is 0.600. The summed E-state index contributed by atoms with van der Waals surface area (Å²) in [6.07, 6.45) is -5.99. The predicted molar refractivity (Wildman–Crippen MR) is 537 cm³/mol. The molecule has 3 heterocycles. The summed E-state index contributed by atoms with van der Waals surface area (Å²) >= 11 is 4.34. The van der Waals surface area contributed by atoms with E-state index in [0.29, 0.717) is 28.5 Å². The molecule has 0 bridgehead atoms. The van der Waals surface area contributed by atoms with E-state index >= 15 is 0 Å². The van der Waals surface area contributed by atoms with E-state index in [0.717, 1.165) is 18.7 Å². The molecule has 0 spiro atoms. The van der Waals surface area contributed by atoms with Crippen molar-refractivity contribution in [2.75, 3.05) is 51.6 Å². The summed E-state index contributed by atoms with van der Waals surface area (Å²) in [6, 6.07) is -12.8. The topological polar surface area (TPSA) is 868 Å². The van der Waals surface area contributed by atoms with E-state index in [9.17, 15) is 141 Å². The van der Waals surface area contributed by atoms with Gasteiger partial charge in [-0.25, -0.2) is 0 Å². The van der Waals surface area contributed by atoms with Crippen LogP contribution in [0.25, 0.3) is 10.9 Å². The van der Waals surface area contributed by atoms with Gasteiger partial charge in [0.25, 0.3) is 0 Å². The Bertz CT molecular complexity index is 5240. The third-order valence-corrected chi connectivity index (χ3v) is 24.7. The molecule has 0 radical (unpaired) electrons. The minimum atomic E-state index is -1.97. The second-order valence-electron chi connectivity index (χ2n) is 37.9. The van der Waals surface area contributed by atoms with Gasteiger partial charge in [-0.2, -0.15) is 12.6 Å². The van der Waals surface area contributed by atoms with Gasteiger partial charge in [0.1, 0.15) is 109 Å². The van der Waals surface area contributed by atoms with Crippen LogP contribution in [-0.2, 0) is 128 Å². The number of aliphatic hydroxyl groups excluding tert-OH is 3. The van der Waals surface area contributed by atoms with Crippen molar-refractivity contribution in [2.24, 2.45) is 46.4 Å². The van der Waals surface area contributed by atoms with E-state index < -0.39 is 340 Å². The van der Waals surface area contributed by atoms with Crippen molar-refractivity contribution in [3.63, 3.8) is 0 Å². The molecule has 5 rings (SSSR count). The van der Waals surface area contributed by atoms with Crippen LogP contribution in [0.3, 0.4) is 0 Å². The summed E-state index contributed by atoms with van der Waals surface area (Å²) in [5, 5.41) is 92.9. The summed E-state index contributed by atoms with van der Waals surface area (Å²) in [7, 11) is 0. The number of fused-ring (bicyclic) bond motifs is 1. The van der Waals surface area contributed by atoms with Crippen LogP contribution in [0.2, 0.25) is 0 Å². The average molecular weight is 2130 g/mol. The Kier molecular flexibility index (Phi) is 52.6. The number of hydrogen-bond donors (Lipinski definition) is 29. The zero-order chi connectivity index (χ0) is 112. The highest BCUT2D eigenvalue weighted by molar-refractivity contribution is 7.80. The van der Waals surface area contributed by atoms with E-state index in [1.807, 2.05) is 0 Å². The van der Waals surface area contributed by atoms with Gasteiger partial charge < -0.3 is 159 Å². The maximum atomic E-state index is 14.7. The largest absolute Gasteiger partial charge is 0.481 e. The monoisotopic (exact) mass is 2130 g/mol. The first-order chi connectivity index (χ1) is 70.7. The van der Waals surface area contributed by atoms with E-state index in [2.05, 4.69) is 108 Å². The van der Waals surface area contributed by atoms with Gasteiger partial charge in [-0.1, -0.05) is 90.1 Å². The van der Waals surface area contributed by atoms with E-state index in [1.54, 1.807) is 88.5 Å². The number of carboxylic acids is 2. The van der Waals surface area contributed by atoms with Crippen LogP contribution >= 0.6 is 12.6 Å². The minimum absolute atomic E-state index is 0.0116. The number of amides is 22. The maximum Gasteiger partial charge on any atom is 0.322 e. The number of aliphatic carboxylic acids is 2.